The minimum atomic E-state index is -4.70. The van der Waals surface area contributed by atoms with Crippen molar-refractivity contribution >= 4 is 0 Å². The summed E-state index contributed by atoms with van der Waals surface area (Å²) >= 11 is 0. The first-order valence-electron chi connectivity index (χ1n) is 6.28. The Balaban J connectivity index is 2.05. The molecule has 1 aromatic carbocycles. The summed E-state index contributed by atoms with van der Waals surface area (Å²) in [5.74, 6) is -0.279. The van der Waals surface area contributed by atoms with Crippen LogP contribution in [0.25, 0.3) is 0 Å². The Morgan fingerprint density at radius 2 is 1.86 bits per heavy atom. The van der Waals surface area contributed by atoms with Gasteiger partial charge in [0.1, 0.15) is 5.75 Å². The molecule has 0 spiro atoms. The molecule has 6 heteroatoms. The zero-order valence-electron chi connectivity index (χ0n) is 11.3. The summed E-state index contributed by atoms with van der Waals surface area (Å²) in [6.07, 6.45) is -1.95. The quantitative estimate of drug-likeness (QED) is 0.938. The lowest BCUT2D eigenvalue weighted by Crippen LogP contribution is -2.17. The molecule has 0 radical (unpaired) electrons. The Hall–Kier alpha value is -2.08. The monoisotopic (exact) mass is 297 g/mol. The van der Waals surface area contributed by atoms with Crippen LogP contribution in [0.15, 0.2) is 42.7 Å². The van der Waals surface area contributed by atoms with Gasteiger partial charge < -0.3 is 9.84 Å². The summed E-state index contributed by atoms with van der Waals surface area (Å²) in [5, 5.41) is 10.2. The average Bonchev–Trinajstić information content (AvgIpc) is 2.40. The number of aliphatic hydroxyl groups excluding tert-OH is 1. The SMILES string of the molecule is Cc1ccncc1C(O)Cc1ccc(OC(F)(F)F)cc1. The zero-order valence-corrected chi connectivity index (χ0v) is 11.3. The lowest BCUT2D eigenvalue weighted by atomic mass is 9.99. The van der Waals surface area contributed by atoms with E-state index < -0.39 is 12.5 Å². The van der Waals surface area contributed by atoms with Crippen molar-refractivity contribution in [3.63, 3.8) is 0 Å². The number of benzene rings is 1. The van der Waals surface area contributed by atoms with Crippen LogP contribution in [0.3, 0.4) is 0 Å². The minimum Gasteiger partial charge on any atom is -0.406 e. The van der Waals surface area contributed by atoms with E-state index in [1.807, 2.05) is 6.92 Å². The molecule has 1 heterocycles. The van der Waals surface area contributed by atoms with Gasteiger partial charge in [-0.25, -0.2) is 0 Å². The summed E-state index contributed by atoms with van der Waals surface area (Å²) in [6.45, 7) is 1.86. The van der Waals surface area contributed by atoms with E-state index in [9.17, 15) is 18.3 Å². The van der Waals surface area contributed by atoms with Gasteiger partial charge in [-0.2, -0.15) is 0 Å². The van der Waals surface area contributed by atoms with Crippen molar-refractivity contribution in [2.75, 3.05) is 0 Å². The van der Waals surface area contributed by atoms with Crippen molar-refractivity contribution in [2.45, 2.75) is 25.8 Å². The zero-order chi connectivity index (χ0) is 15.5. The van der Waals surface area contributed by atoms with E-state index >= 15 is 0 Å². The van der Waals surface area contributed by atoms with E-state index in [0.717, 1.165) is 5.56 Å². The van der Waals surface area contributed by atoms with Crippen molar-refractivity contribution in [3.8, 4) is 5.75 Å². The molecule has 0 aliphatic rings. The number of aromatic nitrogens is 1. The van der Waals surface area contributed by atoms with Gasteiger partial charge in [0.25, 0.3) is 0 Å². The Bertz CT molecular complexity index is 597. The van der Waals surface area contributed by atoms with Gasteiger partial charge >= 0.3 is 6.36 Å². The third kappa shape index (κ3) is 4.46. The average molecular weight is 297 g/mol. The molecule has 1 N–H and O–H groups in total. The second-order valence-corrected chi connectivity index (χ2v) is 4.64. The van der Waals surface area contributed by atoms with Crippen LogP contribution in [0.2, 0.25) is 0 Å². The molecule has 3 nitrogen and oxygen atoms in total. The molecule has 2 aromatic rings. The fourth-order valence-electron chi connectivity index (χ4n) is 1.99. The van der Waals surface area contributed by atoms with E-state index in [1.54, 1.807) is 18.5 Å². The number of ether oxygens (including phenoxy) is 1. The molecule has 1 aromatic heterocycles. The van der Waals surface area contributed by atoms with Gasteiger partial charge in [-0.3, -0.25) is 4.98 Å². The number of aryl methyl sites for hydroxylation is 1. The molecule has 0 saturated carbocycles. The molecule has 112 valence electrons. The first-order valence-corrected chi connectivity index (χ1v) is 6.28. The van der Waals surface area contributed by atoms with Crippen LogP contribution >= 0.6 is 0 Å². The maximum atomic E-state index is 12.0. The molecule has 0 amide bonds. The largest absolute Gasteiger partial charge is 0.573 e. The summed E-state index contributed by atoms with van der Waals surface area (Å²) < 4.78 is 39.9. The van der Waals surface area contributed by atoms with Gasteiger partial charge in [0.2, 0.25) is 0 Å². The normalized spacial score (nSPS) is 13.0. The van der Waals surface area contributed by atoms with Gasteiger partial charge in [-0.15, -0.1) is 13.2 Å². The highest BCUT2D eigenvalue weighted by molar-refractivity contribution is 5.30. The van der Waals surface area contributed by atoms with E-state index in [2.05, 4.69) is 9.72 Å². The summed E-state index contributed by atoms with van der Waals surface area (Å²) in [5.41, 5.74) is 2.32. The standard InChI is InChI=1S/C15H14F3NO2/c1-10-6-7-19-9-13(10)14(20)8-11-2-4-12(5-3-11)21-15(16,17)18/h2-7,9,14,20H,8H2,1H3. The fourth-order valence-corrected chi connectivity index (χ4v) is 1.99. The predicted molar refractivity (Wildman–Crippen MR) is 70.8 cm³/mol. The minimum absolute atomic E-state index is 0.279. The first kappa shape index (κ1) is 15.3. The van der Waals surface area contributed by atoms with Crippen molar-refractivity contribution < 1.29 is 23.0 Å². The van der Waals surface area contributed by atoms with Crippen molar-refractivity contribution in [3.05, 3.63) is 59.4 Å². The van der Waals surface area contributed by atoms with E-state index in [4.69, 9.17) is 0 Å². The topological polar surface area (TPSA) is 42.4 Å². The van der Waals surface area contributed by atoms with Gasteiger partial charge in [-0.1, -0.05) is 12.1 Å². The molecule has 1 unspecified atom stereocenters. The second kappa shape index (κ2) is 6.13. The van der Waals surface area contributed by atoms with Crippen LogP contribution < -0.4 is 4.74 Å². The molecule has 0 aliphatic heterocycles. The van der Waals surface area contributed by atoms with Crippen molar-refractivity contribution in [1.29, 1.82) is 0 Å². The highest BCUT2D eigenvalue weighted by Gasteiger charge is 2.30. The second-order valence-electron chi connectivity index (χ2n) is 4.64. The number of alkyl halides is 3. The van der Waals surface area contributed by atoms with E-state index in [0.29, 0.717) is 17.5 Å². The molecular weight excluding hydrogens is 283 g/mol. The Morgan fingerprint density at radius 1 is 1.19 bits per heavy atom. The maximum absolute atomic E-state index is 12.0. The molecule has 0 saturated heterocycles. The van der Waals surface area contributed by atoms with Gasteiger partial charge in [0, 0.05) is 24.4 Å². The predicted octanol–water partition coefficient (Wildman–Crippen LogP) is 3.56. The fraction of sp³-hybridized carbons (Fsp3) is 0.267. The highest BCUT2D eigenvalue weighted by Crippen LogP contribution is 2.25. The number of pyridine rings is 1. The Morgan fingerprint density at radius 3 is 2.43 bits per heavy atom. The number of rotatable bonds is 4. The maximum Gasteiger partial charge on any atom is 0.573 e. The third-order valence-corrected chi connectivity index (χ3v) is 3.02. The number of halogens is 3. The molecule has 1 atom stereocenters. The van der Waals surface area contributed by atoms with Crippen LogP contribution in [0.4, 0.5) is 13.2 Å². The van der Waals surface area contributed by atoms with Gasteiger partial charge in [0.05, 0.1) is 6.10 Å². The number of hydrogen-bond donors (Lipinski definition) is 1. The molecule has 0 bridgehead atoms. The molecule has 0 fully saturated rings. The van der Waals surface area contributed by atoms with Gasteiger partial charge in [-0.05, 0) is 36.2 Å². The third-order valence-electron chi connectivity index (χ3n) is 3.02. The summed E-state index contributed by atoms with van der Waals surface area (Å²) in [7, 11) is 0. The van der Waals surface area contributed by atoms with Crippen molar-refractivity contribution in [1.82, 2.24) is 4.98 Å². The number of nitrogens with zero attached hydrogens (tertiary/aromatic N) is 1. The first-order chi connectivity index (χ1) is 9.85. The van der Waals surface area contributed by atoms with E-state index in [1.165, 1.54) is 24.3 Å². The van der Waals surface area contributed by atoms with Crippen molar-refractivity contribution in [2.24, 2.45) is 0 Å². The van der Waals surface area contributed by atoms with Crippen LogP contribution in [0.5, 0.6) is 5.75 Å². The molecule has 0 aliphatic carbocycles. The molecule has 2 rings (SSSR count). The Labute approximate surface area is 120 Å². The van der Waals surface area contributed by atoms with E-state index in [-0.39, 0.29) is 5.75 Å². The number of aliphatic hydroxyl groups is 1. The lowest BCUT2D eigenvalue weighted by molar-refractivity contribution is -0.274. The summed E-state index contributed by atoms with van der Waals surface area (Å²) in [4.78, 5) is 3.96. The van der Waals surface area contributed by atoms with Crippen LogP contribution in [-0.2, 0) is 6.42 Å². The Kier molecular flexibility index (Phi) is 4.47. The number of hydrogen-bond acceptors (Lipinski definition) is 3. The molecule has 21 heavy (non-hydrogen) atoms. The van der Waals surface area contributed by atoms with Crippen LogP contribution in [0.1, 0.15) is 22.8 Å². The molecular formula is C15H14F3NO2. The highest BCUT2D eigenvalue weighted by atomic mass is 19.4. The van der Waals surface area contributed by atoms with Crippen LogP contribution in [-0.4, -0.2) is 16.5 Å². The van der Waals surface area contributed by atoms with Gasteiger partial charge in [0.15, 0.2) is 0 Å². The smallest absolute Gasteiger partial charge is 0.406 e. The summed E-state index contributed by atoms with van der Waals surface area (Å²) in [6, 6.07) is 7.24. The van der Waals surface area contributed by atoms with Crippen LogP contribution in [0, 0.1) is 6.92 Å². The lowest BCUT2D eigenvalue weighted by Gasteiger charge is -2.14.